The first-order valence-electron chi connectivity index (χ1n) is 9.67. The van der Waals surface area contributed by atoms with Crippen molar-refractivity contribution in [2.45, 2.75) is 29.8 Å². The third-order valence-corrected chi connectivity index (χ3v) is 10.9. The molecule has 1 heterocycles. The van der Waals surface area contributed by atoms with Gasteiger partial charge < -0.3 is 10.2 Å². The number of carbonyl (C=O) groups excluding carboxylic acids is 2. The molecule has 4 nitrogen and oxygen atoms in total. The standard InChI is InChI=1S/C20H24Cl2N2O2S2/c1-24(11-18(25)23-15-4-5-16(21)17(22)10-15)19(26)12-8-13-2-3-14(9-12)20(13)27-6-7-28-20/h4-5,10,12-14H,2-3,6-9,11H2,1H3,(H,23,25)/t12?,13-,14+. The number of likely N-dealkylation sites (N-methyl/N-ethyl adjacent to an activating group) is 1. The van der Waals surface area contributed by atoms with Crippen molar-refractivity contribution >= 4 is 64.2 Å². The molecule has 2 amide bonds. The van der Waals surface area contributed by atoms with Crippen molar-refractivity contribution in [3.8, 4) is 0 Å². The third kappa shape index (κ3) is 3.90. The summed E-state index contributed by atoms with van der Waals surface area (Å²) in [5.41, 5.74) is 0.577. The van der Waals surface area contributed by atoms with Gasteiger partial charge in [0, 0.05) is 30.2 Å². The number of carbonyl (C=O) groups is 2. The van der Waals surface area contributed by atoms with Gasteiger partial charge in [0.05, 0.1) is 20.7 Å². The predicted octanol–water partition coefficient (Wildman–Crippen LogP) is 5.00. The number of anilines is 1. The van der Waals surface area contributed by atoms with Gasteiger partial charge in [0.15, 0.2) is 0 Å². The highest BCUT2D eigenvalue weighted by molar-refractivity contribution is 8.21. The van der Waals surface area contributed by atoms with Crippen LogP contribution >= 0.6 is 46.7 Å². The van der Waals surface area contributed by atoms with E-state index in [0.717, 1.165) is 12.8 Å². The summed E-state index contributed by atoms with van der Waals surface area (Å²) >= 11 is 16.2. The fourth-order valence-electron chi connectivity index (χ4n) is 4.98. The summed E-state index contributed by atoms with van der Waals surface area (Å²) < 4.78 is 0.376. The normalized spacial score (nSPS) is 27.8. The van der Waals surface area contributed by atoms with Gasteiger partial charge >= 0.3 is 0 Å². The van der Waals surface area contributed by atoms with Crippen molar-refractivity contribution in [3.05, 3.63) is 28.2 Å². The SMILES string of the molecule is CN(CC(=O)Nc1ccc(Cl)c(Cl)c1)C(=O)C1C[C@H]2CC[C@@H](C1)C21SCCS1. The van der Waals surface area contributed by atoms with Crippen molar-refractivity contribution in [2.24, 2.45) is 17.8 Å². The molecule has 2 bridgehead atoms. The average molecular weight is 459 g/mol. The van der Waals surface area contributed by atoms with Crippen molar-refractivity contribution in [3.63, 3.8) is 0 Å². The highest BCUT2D eigenvalue weighted by Crippen LogP contribution is 2.65. The zero-order valence-corrected chi connectivity index (χ0v) is 18.9. The quantitative estimate of drug-likeness (QED) is 0.688. The second-order valence-electron chi connectivity index (χ2n) is 7.93. The fraction of sp³-hybridized carbons (Fsp3) is 0.600. The molecule has 1 unspecified atom stereocenters. The van der Waals surface area contributed by atoms with E-state index in [4.69, 9.17) is 23.2 Å². The van der Waals surface area contributed by atoms with Gasteiger partial charge in [-0.05, 0) is 55.7 Å². The number of nitrogens with one attached hydrogen (secondary N) is 1. The van der Waals surface area contributed by atoms with Crippen LogP contribution in [0.4, 0.5) is 5.69 Å². The zero-order valence-electron chi connectivity index (χ0n) is 15.7. The van der Waals surface area contributed by atoms with Gasteiger partial charge in [0.2, 0.25) is 11.8 Å². The molecule has 1 aromatic carbocycles. The monoisotopic (exact) mass is 458 g/mol. The van der Waals surface area contributed by atoms with Gasteiger partial charge in [0.1, 0.15) is 0 Å². The minimum absolute atomic E-state index is 0.0412. The van der Waals surface area contributed by atoms with E-state index in [9.17, 15) is 9.59 Å². The summed E-state index contributed by atoms with van der Waals surface area (Å²) in [4.78, 5) is 26.9. The summed E-state index contributed by atoms with van der Waals surface area (Å²) in [6.45, 7) is 0.0412. The van der Waals surface area contributed by atoms with Gasteiger partial charge in [-0.15, -0.1) is 23.5 Å². The number of nitrogens with zero attached hydrogens (tertiary/aromatic N) is 1. The maximum Gasteiger partial charge on any atom is 0.243 e. The molecular formula is C20H24Cl2N2O2S2. The Hall–Kier alpha value is -0.560. The Morgan fingerprint density at radius 3 is 2.39 bits per heavy atom. The largest absolute Gasteiger partial charge is 0.336 e. The van der Waals surface area contributed by atoms with E-state index in [1.807, 2.05) is 0 Å². The summed E-state index contributed by atoms with van der Waals surface area (Å²) in [5.74, 6) is 3.67. The van der Waals surface area contributed by atoms with Gasteiger partial charge in [-0.3, -0.25) is 9.59 Å². The lowest BCUT2D eigenvalue weighted by atomic mass is 9.79. The maximum absolute atomic E-state index is 13.0. The Morgan fingerprint density at radius 2 is 1.79 bits per heavy atom. The van der Waals surface area contributed by atoms with Crippen LogP contribution in [0.25, 0.3) is 0 Å². The number of benzene rings is 1. The second-order valence-corrected chi connectivity index (χ2v) is 11.7. The van der Waals surface area contributed by atoms with E-state index in [0.29, 0.717) is 31.6 Å². The van der Waals surface area contributed by atoms with E-state index in [2.05, 4.69) is 28.8 Å². The Balaban J connectivity index is 1.34. The number of amides is 2. The predicted molar refractivity (Wildman–Crippen MR) is 119 cm³/mol. The number of halogens is 2. The number of hydrogen-bond donors (Lipinski definition) is 1. The van der Waals surface area contributed by atoms with Crippen LogP contribution in [-0.4, -0.2) is 45.9 Å². The second kappa shape index (κ2) is 8.29. The van der Waals surface area contributed by atoms with Crippen LogP contribution in [0.2, 0.25) is 10.0 Å². The lowest BCUT2D eigenvalue weighted by Gasteiger charge is -2.43. The summed E-state index contributed by atoms with van der Waals surface area (Å²) in [7, 11) is 1.72. The molecule has 4 rings (SSSR count). The molecule has 0 aromatic heterocycles. The molecule has 1 spiro atoms. The molecule has 152 valence electrons. The molecular weight excluding hydrogens is 435 g/mol. The first kappa shape index (κ1) is 20.7. The molecule has 3 aliphatic rings. The first-order valence-corrected chi connectivity index (χ1v) is 12.4. The van der Waals surface area contributed by atoms with E-state index >= 15 is 0 Å². The van der Waals surface area contributed by atoms with Crippen molar-refractivity contribution in [1.82, 2.24) is 4.90 Å². The molecule has 8 heteroatoms. The number of hydrogen-bond acceptors (Lipinski definition) is 4. The molecule has 1 aromatic rings. The Labute approximate surface area is 184 Å². The van der Waals surface area contributed by atoms with Crippen LogP contribution in [0.1, 0.15) is 25.7 Å². The van der Waals surface area contributed by atoms with Crippen LogP contribution in [0.3, 0.4) is 0 Å². The van der Waals surface area contributed by atoms with E-state index in [1.54, 1.807) is 30.1 Å². The highest BCUT2D eigenvalue weighted by Gasteiger charge is 2.57. The topological polar surface area (TPSA) is 49.4 Å². The summed E-state index contributed by atoms with van der Waals surface area (Å²) in [5, 5.41) is 3.61. The molecule has 0 radical (unpaired) electrons. The molecule has 1 aliphatic heterocycles. The van der Waals surface area contributed by atoms with Gasteiger partial charge in [-0.2, -0.15) is 0 Å². The molecule has 3 atom stereocenters. The smallest absolute Gasteiger partial charge is 0.243 e. The zero-order chi connectivity index (χ0) is 19.9. The maximum atomic E-state index is 13.0. The number of rotatable bonds is 4. The van der Waals surface area contributed by atoms with Gasteiger partial charge in [-0.25, -0.2) is 0 Å². The Kier molecular flexibility index (Phi) is 6.13. The van der Waals surface area contributed by atoms with E-state index < -0.39 is 0 Å². The number of thioether (sulfide) groups is 2. The lowest BCUT2D eigenvalue weighted by Crippen LogP contribution is -2.45. The van der Waals surface area contributed by atoms with Gasteiger partial charge in [0.25, 0.3) is 0 Å². The van der Waals surface area contributed by atoms with E-state index in [1.165, 1.54) is 24.3 Å². The lowest BCUT2D eigenvalue weighted by molar-refractivity contribution is -0.138. The molecule has 3 fully saturated rings. The molecule has 1 N–H and O–H groups in total. The minimum atomic E-state index is -0.230. The highest BCUT2D eigenvalue weighted by atomic mass is 35.5. The van der Waals surface area contributed by atoms with Crippen molar-refractivity contribution < 1.29 is 9.59 Å². The summed E-state index contributed by atoms with van der Waals surface area (Å²) in [6, 6.07) is 4.95. The fourth-order valence-corrected chi connectivity index (χ4v) is 9.22. The Morgan fingerprint density at radius 1 is 1.14 bits per heavy atom. The summed E-state index contributed by atoms with van der Waals surface area (Å²) in [6.07, 6.45) is 4.42. The molecule has 2 aliphatic carbocycles. The van der Waals surface area contributed by atoms with Crippen LogP contribution in [-0.2, 0) is 9.59 Å². The van der Waals surface area contributed by atoms with Crippen molar-refractivity contribution in [2.75, 3.05) is 30.4 Å². The van der Waals surface area contributed by atoms with Crippen molar-refractivity contribution in [1.29, 1.82) is 0 Å². The molecule has 1 saturated heterocycles. The van der Waals surface area contributed by atoms with Gasteiger partial charge in [-0.1, -0.05) is 23.2 Å². The molecule has 28 heavy (non-hydrogen) atoms. The molecule has 2 saturated carbocycles. The van der Waals surface area contributed by atoms with Crippen LogP contribution in [0.5, 0.6) is 0 Å². The minimum Gasteiger partial charge on any atom is -0.336 e. The average Bonchev–Trinajstić information content (AvgIpc) is 3.19. The van der Waals surface area contributed by atoms with E-state index in [-0.39, 0.29) is 24.3 Å². The first-order chi connectivity index (χ1) is 13.4. The van der Waals surface area contributed by atoms with Crippen LogP contribution in [0.15, 0.2) is 18.2 Å². The third-order valence-electron chi connectivity index (χ3n) is 6.19. The Bertz CT molecular complexity index is 769. The van der Waals surface area contributed by atoms with Crippen LogP contribution in [0, 0.1) is 17.8 Å². The van der Waals surface area contributed by atoms with Crippen LogP contribution < -0.4 is 5.32 Å².